The average molecular weight is 184 g/mol. The van der Waals surface area contributed by atoms with Gasteiger partial charge in [0.2, 0.25) is 0 Å². The first-order valence-electron chi connectivity index (χ1n) is 4.97. The van der Waals surface area contributed by atoms with Gasteiger partial charge in [0.25, 0.3) is 0 Å². The minimum absolute atomic E-state index is 0.120. The Bertz CT molecular complexity index is 159. The second-order valence-corrected chi connectivity index (χ2v) is 3.49. The first kappa shape index (κ1) is 12.2. The third-order valence-electron chi connectivity index (χ3n) is 1.65. The molecule has 0 aliphatic rings. The van der Waals surface area contributed by atoms with Crippen molar-refractivity contribution < 1.29 is 9.53 Å². The zero-order valence-corrected chi connectivity index (χ0v) is 8.88. The smallest absolute Gasteiger partial charge is 0.309 e. The average Bonchev–Trinajstić information content (AvgIpc) is 2.04. The number of carbonyl (C=O) groups is 1. The summed E-state index contributed by atoms with van der Waals surface area (Å²) in [5.74, 6) is 0.476. The van der Waals surface area contributed by atoms with E-state index < -0.39 is 0 Å². The van der Waals surface area contributed by atoms with Crippen molar-refractivity contribution in [1.82, 2.24) is 0 Å². The van der Waals surface area contributed by atoms with Crippen molar-refractivity contribution in [2.45, 2.75) is 40.0 Å². The Balaban J connectivity index is 3.35. The van der Waals surface area contributed by atoms with Crippen LogP contribution in [0.3, 0.4) is 0 Å². The van der Waals surface area contributed by atoms with Gasteiger partial charge in [0, 0.05) is 0 Å². The van der Waals surface area contributed by atoms with Gasteiger partial charge in [-0.2, -0.15) is 0 Å². The van der Waals surface area contributed by atoms with Gasteiger partial charge in [0.05, 0.1) is 13.0 Å². The lowest BCUT2D eigenvalue weighted by Gasteiger charge is -2.04. The van der Waals surface area contributed by atoms with E-state index in [0.717, 1.165) is 12.8 Å². The zero-order valence-electron chi connectivity index (χ0n) is 8.88. The second-order valence-electron chi connectivity index (χ2n) is 3.49. The molecule has 0 fully saturated rings. The van der Waals surface area contributed by atoms with Gasteiger partial charge in [0.15, 0.2) is 0 Å². The maximum atomic E-state index is 11.0. The summed E-state index contributed by atoms with van der Waals surface area (Å²) in [7, 11) is 0. The van der Waals surface area contributed by atoms with Crippen molar-refractivity contribution in [3.05, 3.63) is 12.2 Å². The van der Waals surface area contributed by atoms with Crippen molar-refractivity contribution in [3.8, 4) is 0 Å². The fourth-order valence-corrected chi connectivity index (χ4v) is 0.814. The maximum Gasteiger partial charge on any atom is 0.309 e. The van der Waals surface area contributed by atoms with Gasteiger partial charge >= 0.3 is 5.97 Å². The lowest BCUT2D eigenvalue weighted by atomic mass is 10.1. The van der Waals surface area contributed by atoms with Crippen LogP contribution in [0.15, 0.2) is 12.2 Å². The van der Waals surface area contributed by atoms with Crippen molar-refractivity contribution in [2.75, 3.05) is 6.61 Å². The fraction of sp³-hybridized carbons (Fsp3) is 0.727. The molecule has 0 amide bonds. The van der Waals surface area contributed by atoms with E-state index in [2.05, 4.69) is 13.8 Å². The molecule has 0 bridgehead atoms. The predicted molar refractivity (Wildman–Crippen MR) is 54.5 cm³/mol. The van der Waals surface area contributed by atoms with Gasteiger partial charge in [-0.3, -0.25) is 4.79 Å². The van der Waals surface area contributed by atoms with Gasteiger partial charge in [-0.15, -0.1) is 0 Å². The summed E-state index contributed by atoms with van der Waals surface area (Å²) in [6.07, 6.45) is 6.16. The maximum absolute atomic E-state index is 11.0. The lowest BCUT2D eigenvalue weighted by Crippen LogP contribution is -2.06. The molecule has 13 heavy (non-hydrogen) atoms. The van der Waals surface area contributed by atoms with Gasteiger partial charge < -0.3 is 4.74 Å². The molecule has 0 unspecified atom stereocenters. The fourth-order valence-electron chi connectivity index (χ4n) is 0.814. The monoisotopic (exact) mass is 184 g/mol. The number of carbonyl (C=O) groups excluding carboxylic acids is 1. The Morgan fingerprint density at radius 1 is 1.38 bits per heavy atom. The summed E-state index contributed by atoms with van der Waals surface area (Å²) in [6, 6.07) is 0. The Kier molecular flexibility index (Phi) is 7.36. The Hall–Kier alpha value is -0.790. The van der Waals surface area contributed by atoms with Crippen LogP contribution in [-0.4, -0.2) is 12.6 Å². The molecule has 0 rings (SSSR count). The highest BCUT2D eigenvalue weighted by Gasteiger charge is 2.00. The molecular formula is C11H20O2. The summed E-state index contributed by atoms with van der Waals surface area (Å²) in [5.41, 5.74) is 0. The molecule has 0 aromatic heterocycles. The highest BCUT2D eigenvalue weighted by molar-refractivity contribution is 5.71. The van der Waals surface area contributed by atoms with E-state index in [9.17, 15) is 4.79 Å². The summed E-state index contributed by atoms with van der Waals surface area (Å²) in [5, 5.41) is 0. The molecule has 0 aromatic carbocycles. The Labute approximate surface area is 81.0 Å². The standard InChI is InChI=1S/C11H20O2/c1-4-5-6-7-11(12)13-9-8-10(2)3/h5-6,10H,4,7-9H2,1-3H3/b6-5+. The molecular weight excluding hydrogens is 164 g/mol. The quantitative estimate of drug-likeness (QED) is 0.468. The third kappa shape index (κ3) is 9.12. The largest absolute Gasteiger partial charge is 0.465 e. The molecule has 0 N–H and O–H groups in total. The summed E-state index contributed by atoms with van der Waals surface area (Å²) in [6.45, 7) is 6.83. The number of allylic oxidation sites excluding steroid dienone is 1. The molecule has 0 aliphatic carbocycles. The number of ether oxygens (including phenoxy) is 1. The van der Waals surface area contributed by atoms with Crippen LogP contribution in [0.2, 0.25) is 0 Å². The van der Waals surface area contributed by atoms with Crippen molar-refractivity contribution in [1.29, 1.82) is 0 Å². The molecule has 0 aliphatic heterocycles. The molecule has 0 radical (unpaired) electrons. The zero-order chi connectivity index (χ0) is 10.1. The SMILES string of the molecule is CC/C=C/CC(=O)OCCC(C)C. The Morgan fingerprint density at radius 2 is 2.08 bits per heavy atom. The van der Waals surface area contributed by atoms with E-state index in [1.54, 1.807) is 0 Å². The van der Waals surface area contributed by atoms with Crippen molar-refractivity contribution in [3.63, 3.8) is 0 Å². The number of rotatable bonds is 6. The Morgan fingerprint density at radius 3 is 2.62 bits per heavy atom. The summed E-state index contributed by atoms with van der Waals surface area (Å²) in [4.78, 5) is 11.0. The minimum Gasteiger partial charge on any atom is -0.465 e. The number of hydrogen-bond acceptors (Lipinski definition) is 2. The lowest BCUT2D eigenvalue weighted by molar-refractivity contribution is -0.142. The summed E-state index contributed by atoms with van der Waals surface area (Å²) < 4.78 is 5.01. The number of esters is 1. The first-order valence-corrected chi connectivity index (χ1v) is 4.97. The van der Waals surface area contributed by atoms with Crippen LogP contribution >= 0.6 is 0 Å². The summed E-state index contributed by atoms with van der Waals surface area (Å²) >= 11 is 0. The molecule has 0 atom stereocenters. The van der Waals surface area contributed by atoms with Crippen LogP contribution in [0.4, 0.5) is 0 Å². The van der Waals surface area contributed by atoms with Gasteiger partial charge in [-0.1, -0.05) is 32.9 Å². The van der Waals surface area contributed by atoms with Crippen LogP contribution in [0, 0.1) is 5.92 Å². The van der Waals surface area contributed by atoms with Gasteiger partial charge in [0.1, 0.15) is 0 Å². The molecule has 0 aromatic rings. The third-order valence-corrected chi connectivity index (χ3v) is 1.65. The number of hydrogen-bond donors (Lipinski definition) is 0. The highest BCUT2D eigenvalue weighted by Crippen LogP contribution is 2.00. The van der Waals surface area contributed by atoms with E-state index in [1.807, 2.05) is 19.1 Å². The normalized spacial score (nSPS) is 11.1. The van der Waals surface area contributed by atoms with E-state index in [4.69, 9.17) is 4.74 Å². The van der Waals surface area contributed by atoms with Crippen LogP contribution in [0.25, 0.3) is 0 Å². The van der Waals surface area contributed by atoms with Crippen molar-refractivity contribution >= 4 is 5.97 Å². The molecule has 76 valence electrons. The van der Waals surface area contributed by atoms with Crippen LogP contribution in [0.1, 0.15) is 40.0 Å². The highest BCUT2D eigenvalue weighted by atomic mass is 16.5. The van der Waals surface area contributed by atoms with E-state index >= 15 is 0 Å². The van der Waals surface area contributed by atoms with E-state index in [1.165, 1.54) is 0 Å². The van der Waals surface area contributed by atoms with E-state index in [-0.39, 0.29) is 5.97 Å². The first-order chi connectivity index (χ1) is 6.16. The van der Waals surface area contributed by atoms with Crippen LogP contribution < -0.4 is 0 Å². The molecule has 2 nitrogen and oxygen atoms in total. The van der Waals surface area contributed by atoms with Gasteiger partial charge in [-0.05, 0) is 18.8 Å². The van der Waals surface area contributed by atoms with Crippen LogP contribution in [0.5, 0.6) is 0 Å². The predicted octanol–water partition coefficient (Wildman–Crippen LogP) is 2.93. The molecule has 0 heterocycles. The van der Waals surface area contributed by atoms with Crippen molar-refractivity contribution in [2.24, 2.45) is 5.92 Å². The molecule has 0 saturated heterocycles. The van der Waals surface area contributed by atoms with Gasteiger partial charge in [-0.25, -0.2) is 0 Å². The molecule has 2 heteroatoms. The van der Waals surface area contributed by atoms with Crippen LogP contribution in [-0.2, 0) is 9.53 Å². The minimum atomic E-state index is -0.120. The van der Waals surface area contributed by atoms with E-state index in [0.29, 0.717) is 18.9 Å². The topological polar surface area (TPSA) is 26.3 Å². The molecule has 0 spiro atoms. The second kappa shape index (κ2) is 7.84. The molecule has 0 saturated carbocycles.